The van der Waals surface area contributed by atoms with Crippen LogP contribution in [0.25, 0.3) is 0 Å². The van der Waals surface area contributed by atoms with Gasteiger partial charge in [-0.1, -0.05) is 17.7 Å². The van der Waals surface area contributed by atoms with Gasteiger partial charge in [0, 0.05) is 24.6 Å². The molecule has 0 atom stereocenters. The standard InChI is InChI=1S/C18H17F3N4O4/c1-11-2-4-12(5-3-11)17(27)24-23-16(26)8-9-22-14-7-6-13(18(19,20)21)10-15(14)25(28)29/h2-7,10,22H,8-9H2,1H3,(H,23,26)(H,24,27). The number of hydrazine groups is 1. The number of carbonyl (C=O) groups is 2. The third-order valence-corrected chi connectivity index (χ3v) is 3.82. The number of rotatable bonds is 6. The lowest BCUT2D eigenvalue weighted by Crippen LogP contribution is -2.42. The van der Waals surface area contributed by atoms with Crippen LogP contribution >= 0.6 is 0 Å². The zero-order valence-electron chi connectivity index (χ0n) is 15.2. The number of alkyl halides is 3. The van der Waals surface area contributed by atoms with Crippen molar-refractivity contribution in [1.29, 1.82) is 0 Å². The van der Waals surface area contributed by atoms with Crippen molar-refractivity contribution < 1.29 is 27.7 Å². The smallest absolute Gasteiger partial charge is 0.379 e. The Hall–Kier alpha value is -3.63. The molecule has 2 aromatic rings. The van der Waals surface area contributed by atoms with E-state index < -0.39 is 34.2 Å². The van der Waals surface area contributed by atoms with E-state index >= 15 is 0 Å². The Kier molecular flexibility index (Phi) is 6.75. The van der Waals surface area contributed by atoms with E-state index in [-0.39, 0.29) is 18.7 Å². The molecule has 0 bridgehead atoms. The van der Waals surface area contributed by atoms with Crippen LogP contribution in [-0.4, -0.2) is 23.3 Å². The monoisotopic (exact) mass is 410 g/mol. The van der Waals surface area contributed by atoms with E-state index in [9.17, 15) is 32.9 Å². The molecular formula is C18H17F3N4O4. The lowest BCUT2D eigenvalue weighted by molar-refractivity contribution is -0.384. The first-order valence-electron chi connectivity index (χ1n) is 8.33. The number of nitro groups is 1. The number of carbonyl (C=O) groups excluding carboxylic acids is 2. The summed E-state index contributed by atoms with van der Waals surface area (Å²) in [7, 11) is 0. The highest BCUT2D eigenvalue weighted by atomic mass is 19.4. The Balaban J connectivity index is 1.87. The number of anilines is 1. The van der Waals surface area contributed by atoms with E-state index in [0.717, 1.165) is 11.6 Å². The predicted molar refractivity (Wildman–Crippen MR) is 98.0 cm³/mol. The fourth-order valence-corrected chi connectivity index (χ4v) is 2.29. The quantitative estimate of drug-likeness (QED) is 0.500. The van der Waals surface area contributed by atoms with E-state index in [1.807, 2.05) is 6.92 Å². The van der Waals surface area contributed by atoms with Crippen molar-refractivity contribution in [2.45, 2.75) is 19.5 Å². The molecule has 2 aromatic carbocycles. The maximum atomic E-state index is 12.7. The van der Waals surface area contributed by atoms with Gasteiger partial charge in [-0.15, -0.1) is 0 Å². The Labute approximate surface area is 163 Å². The maximum absolute atomic E-state index is 12.7. The van der Waals surface area contributed by atoms with E-state index in [1.165, 1.54) is 0 Å². The van der Waals surface area contributed by atoms with Gasteiger partial charge in [0.1, 0.15) is 5.69 Å². The van der Waals surface area contributed by atoms with Crippen LogP contribution in [0, 0.1) is 17.0 Å². The number of amides is 2. The van der Waals surface area contributed by atoms with Gasteiger partial charge in [-0.25, -0.2) is 0 Å². The van der Waals surface area contributed by atoms with Crippen LogP contribution in [-0.2, 0) is 11.0 Å². The normalized spacial score (nSPS) is 10.9. The molecule has 0 aliphatic heterocycles. The van der Waals surface area contributed by atoms with E-state index in [0.29, 0.717) is 17.7 Å². The van der Waals surface area contributed by atoms with E-state index in [2.05, 4.69) is 16.2 Å². The van der Waals surface area contributed by atoms with Crippen LogP contribution in [0.15, 0.2) is 42.5 Å². The van der Waals surface area contributed by atoms with Crippen LogP contribution in [0.5, 0.6) is 0 Å². The fraction of sp³-hybridized carbons (Fsp3) is 0.222. The predicted octanol–water partition coefficient (Wildman–Crippen LogP) is 3.19. The van der Waals surface area contributed by atoms with Crippen molar-refractivity contribution in [3.63, 3.8) is 0 Å². The van der Waals surface area contributed by atoms with Crippen LogP contribution < -0.4 is 16.2 Å². The summed E-state index contributed by atoms with van der Waals surface area (Å²) in [6, 6.07) is 8.69. The number of hydrogen-bond donors (Lipinski definition) is 3. The van der Waals surface area contributed by atoms with Crippen molar-refractivity contribution in [3.8, 4) is 0 Å². The molecule has 3 N–H and O–H groups in total. The topological polar surface area (TPSA) is 113 Å². The summed E-state index contributed by atoms with van der Waals surface area (Å²) in [5, 5.41) is 13.5. The molecule has 2 rings (SSSR count). The zero-order chi connectivity index (χ0) is 21.6. The maximum Gasteiger partial charge on any atom is 0.416 e. The van der Waals surface area contributed by atoms with Crippen molar-refractivity contribution in [2.24, 2.45) is 0 Å². The molecule has 0 saturated carbocycles. The minimum Gasteiger partial charge on any atom is -0.379 e. The first kappa shape index (κ1) is 21.7. The first-order chi connectivity index (χ1) is 13.6. The van der Waals surface area contributed by atoms with Gasteiger partial charge < -0.3 is 5.32 Å². The molecule has 0 unspecified atom stereocenters. The van der Waals surface area contributed by atoms with Gasteiger partial charge in [-0.2, -0.15) is 13.2 Å². The van der Waals surface area contributed by atoms with E-state index in [4.69, 9.17) is 0 Å². The molecular weight excluding hydrogens is 393 g/mol. The number of nitrogens with one attached hydrogen (secondary N) is 3. The van der Waals surface area contributed by atoms with Crippen molar-refractivity contribution in [1.82, 2.24) is 10.9 Å². The largest absolute Gasteiger partial charge is 0.416 e. The van der Waals surface area contributed by atoms with Crippen LogP contribution in [0.1, 0.15) is 27.9 Å². The summed E-state index contributed by atoms with van der Waals surface area (Å²) < 4.78 is 38.0. The van der Waals surface area contributed by atoms with Crippen LogP contribution in [0.3, 0.4) is 0 Å². The van der Waals surface area contributed by atoms with Gasteiger partial charge in [0.05, 0.1) is 10.5 Å². The molecule has 0 saturated heterocycles. The molecule has 154 valence electrons. The average Bonchev–Trinajstić information content (AvgIpc) is 2.65. The third kappa shape index (κ3) is 6.19. The van der Waals surface area contributed by atoms with Gasteiger partial charge in [0.2, 0.25) is 5.91 Å². The van der Waals surface area contributed by atoms with Crippen LogP contribution in [0.4, 0.5) is 24.5 Å². The minimum absolute atomic E-state index is 0.0988. The van der Waals surface area contributed by atoms with Gasteiger partial charge in [0.25, 0.3) is 11.6 Å². The number of halogens is 3. The highest BCUT2D eigenvalue weighted by Crippen LogP contribution is 2.34. The molecule has 11 heteroatoms. The molecule has 0 fully saturated rings. The van der Waals surface area contributed by atoms with Gasteiger partial charge >= 0.3 is 6.18 Å². The fourth-order valence-electron chi connectivity index (χ4n) is 2.29. The molecule has 0 radical (unpaired) electrons. The van der Waals surface area contributed by atoms with Crippen molar-refractivity contribution >= 4 is 23.2 Å². The Morgan fingerprint density at radius 2 is 1.72 bits per heavy atom. The lowest BCUT2D eigenvalue weighted by Gasteiger charge is -2.11. The van der Waals surface area contributed by atoms with E-state index in [1.54, 1.807) is 24.3 Å². The van der Waals surface area contributed by atoms with Gasteiger partial charge in [-0.3, -0.25) is 30.6 Å². The number of aryl methyl sites for hydroxylation is 1. The summed E-state index contributed by atoms with van der Waals surface area (Å²) >= 11 is 0. The summed E-state index contributed by atoms with van der Waals surface area (Å²) in [5.41, 5.74) is 3.66. The molecule has 0 aliphatic carbocycles. The molecule has 8 nitrogen and oxygen atoms in total. The second-order valence-corrected chi connectivity index (χ2v) is 6.03. The first-order valence-corrected chi connectivity index (χ1v) is 8.33. The highest BCUT2D eigenvalue weighted by Gasteiger charge is 2.33. The summed E-state index contributed by atoms with van der Waals surface area (Å²) in [6.45, 7) is 1.76. The zero-order valence-corrected chi connectivity index (χ0v) is 15.2. The average molecular weight is 410 g/mol. The van der Waals surface area contributed by atoms with Crippen LogP contribution in [0.2, 0.25) is 0 Å². The molecule has 2 amide bonds. The number of benzene rings is 2. The summed E-state index contributed by atoms with van der Waals surface area (Å²) in [6.07, 6.45) is -4.90. The SMILES string of the molecule is Cc1ccc(C(=O)NNC(=O)CCNc2ccc(C(F)(F)F)cc2[N+](=O)[O-])cc1. The number of nitro benzene ring substituents is 1. The Morgan fingerprint density at radius 3 is 2.31 bits per heavy atom. The third-order valence-electron chi connectivity index (χ3n) is 3.82. The lowest BCUT2D eigenvalue weighted by atomic mass is 10.1. The highest BCUT2D eigenvalue weighted by molar-refractivity contribution is 5.95. The molecule has 0 aromatic heterocycles. The van der Waals surface area contributed by atoms with Crippen molar-refractivity contribution in [3.05, 3.63) is 69.3 Å². The molecule has 0 spiro atoms. The minimum atomic E-state index is -4.71. The van der Waals surface area contributed by atoms with Gasteiger partial charge in [0.15, 0.2) is 0 Å². The summed E-state index contributed by atoms with van der Waals surface area (Å²) in [4.78, 5) is 33.7. The van der Waals surface area contributed by atoms with Crippen molar-refractivity contribution in [2.75, 3.05) is 11.9 Å². The number of hydrogen-bond acceptors (Lipinski definition) is 5. The van der Waals surface area contributed by atoms with Gasteiger partial charge in [-0.05, 0) is 31.2 Å². The number of nitrogens with zero attached hydrogens (tertiary/aromatic N) is 1. The second kappa shape index (κ2) is 9.04. The Morgan fingerprint density at radius 1 is 1.07 bits per heavy atom. The summed E-state index contributed by atoms with van der Waals surface area (Å²) in [5.74, 6) is -1.11. The molecule has 29 heavy (non-hydrogen) atoms. The second-order valence-electron chi connectivity index (χ2n) is 6.03. The molecule has 0 heterocycles. The Bertz CT molecular complexity index is 914. The molecule has 0 aliphatic rings.